The van der Waals surface area contributed by atoms with Crippen LogP contribution in [0.2, 0.25) is 0 Å². The molecule has 0 bridgehead atoms. The van der Waals surface area contributed by atoms with Crippen LogP contribution in [0.1, 0.15) is 85.5 Å². The standard InChI is InChI=1S/C30H44N2O2/c1-7-9-11-21(3)31(5)25-17-13-23(14-18-25)27-29(33)28(30(27)34)24-15-19-26(20-16-24)32(6)22(4)12-10-8-2/h13-14,17-19,21-22,24H,7-12,15-16,20H2,1-6H3/p+1. The van der Waals surface area contributed by atoms with Crippen LogP contribution < -0.4 is 0 Å². The van der Waals surface area contributed by atoms with Crippen molar-refractivity contribution in [1.29, 1.82) is 0 Å². The van der Waals surface area contributed by atoms with Crippen LogP contribution in [-0.4, -0.2) is 52.3 Å². The lowest BCUT2D eigenvalue weighted by Gasteiger charge is -2.35. The Morgan fingerprint density at radius 2 is 1.74 bits per heavy atom. The van der Waals surface area contributed by atoms with E-state index in [9.17, 15) is 9.90 Å². The number of carbonyl (C=O) groups excluding carboxylic acids is 1. The maximum absolute atomic E-state index is 13.1. The number of ketones is 1. The molecule has 0 amide bonds. The molecule has 1 N–H and O–H groups in total. The minimum atomic E-state index is 0.0291. The summed E-state index contributed by atoms with van der Waals surface area (Å²) in [7, 11) is 4.31. The van der Waals surface area contributed by atoms with Gasteiger partial charge in [-0.05, 0) is 69.6 Å². The second-order valence-electron chi connectivity index (χ2n) is 10.4. The minimum Gasteiger partial charge on any atom is -0.507 e. The van der Waals surface area contributed by atoms with E-state index in [0.29, 0.717) is 23.2 Å². The lowest BCUT2D eigenvalue weighted by molar-refractivity contribution is -0.533. The van der Waals surface area contributed by atoms with Gasteiger partial charge in [0.15, 0.2) is 11.5 Å². The fourth-order valence-corrected chi connectivity index (χ4v) is 5.26. The highest BCUT2D eigenvalue weighted by Gasteiger charge is 2.40. The van der Waals surface area contributed by atoms with Crippen LogP contribution in [0.5, 0.6) is 0 Å². The molecule has 3 aliphatic rings. The van der Waals surface area contributed by atoms with Crippen molar-refractivity contribution in [3.8, 4) is 0 Å². The Bertz CT molecular complexity index is 942. The predicted molar refractivity (Wildman–Crippen MR) is 142 cm³/mol. The number of rotatable bonds is 10. The SMILES string of the molecule is CCCCC(C)N(C)C1=CCC(C2=C(O)C(=C3C=CC(=[N+](C)C(C)CCCC)C=C3)C2=O)CC1. The summed E-state index contributed by atoms with van der Waals surface area (Å²) in [5.74, 6) is 0.375. The van der Waals surface area contributed by atoms with Gasteiger partial charge >= 0.3 is 0 Å². The van der Waals surface area contributed by atoms with Gasteiger partial charge in [-0.15, -0.1) is 0 Å². The summed E-state index contributed by atoms with van der Waals surface area (Å²) >= 11 is 0. The molecule has 3 atom stereocenters. The van der Waals surface area contributed by atoms with E-state index in [2.05, 4.69) is 69.5 Å². The molecule has 4 nitrogen and oxygen atoms in total. The Balaban J connectivity index is 1.68. The summed E-state index contributed by atoms with van der Waals surface area (Å²) in [6.07, 6.45) is 20.4. The van der Waals surface area contributed by atoms with Crippen LogP contribution in [0.15, 0.2) is 58.6 Å². The molecule has 0 saturated carbocycles. The van der Waals surface area contributed by atoms with Gasteiger partial charge in [0.1, 0.15) is 18.8 Å². The molecule has 3 aliphatic carbocycles. The van der Waals surface area contributed by atoms with E-state index in [-0.39, 0.29) is 17.5 Å². The largest absolute Gasteiger partial charge is 0.507 e. The van der Waals surface area contributed by atoms with Crippen molar-refractivity contribution in [2.24, 2.45) is 5.92 Å². The van der Waals surface area contributed by atoms with Crippen LogP contribution in [0, 0.1) is 5.92 Å². The maximum atomic E-state index is 13.1. The van der Waals surface area contributed by atoms with Crippen LogP contribution in [0.25, 0.3) is 0 Å². The van der Waals surface area contributed by atoms with E-state index in [4.69, 9.17) is 0 Å². The molecule has 4 heteroatoms. The first-order chi connectivity index (χ1) is 16.3. The third-order valence-electron chi connectivity index (χ3n) is 8.05. The molecule has 0 aliphatic heterocycles. The summed E-state index contributed by atoms with van der Waals surface area (Å²) in [6, 6.07) is 1.01. The Morgan fingerprint density at radius 3 is 2.29 bits per heavy atom. The fourth-order valence-electron chi connectivity index (χ4n) is 5.26. The molecule has 0 aromatic heterocycles. The second kappa shape index (κ2) is 11.9. The summed E-state index contributed by atoms with van der Waals surface area (Å²) in [4.78, 5) is 15.5. The zero-order valence-corrected chi connectivity index (χ0v) is 22.2. The Hall–Kier alpha value is -2.36. The van der Waals surface area contributed by atoms with E-state index >= 15 is 0 Å². The Morgan fingerprint density at radius 1 is 1.09 bits per heavy atom. The highest BCUT2D eigenvalue weighted by molar-refractivity contribution is 6.20. The predicted octanol–water partition coefficient (Wildman–Crippen LogP) is 6.66. The second-order valence-corrected chi connectivity index (χ2v) is 10.4. The number of aliphatic hydroxyl groups is 1. The number of carbonyl (C=O) groups is 1. The van der Waals surface area contributed by atoms with E-state index in [1.165, 1.54) is 44.2 Å². The zero-order valence-electron chi connectivity index (χ0n) is 22.2. The van der Waals surface area contributed by atoms with Crippen LogP contribution in [0.4, 0.5) is 0 Å². The highest BCUT2D eigenvalue weighted by Crippen LogP contribution is 2.42. The molecule has 0 radical (unpaired) electrons. The first kappa shape index (κ1) is 26.2. The zero-order chi connectivity index (χ0) is 24.8. The van der Waals surface area contributed by atoms with Gasteiger partial charge in [0.05, 0.1) is 5.57 Å². The van der Waals surface area contributed by atoms with Crippen molar-refractivity contribution in [1.82, 2.24) is 4.90 Å². The molecular weight excluding hydrogens is 420 g/mol. The average Bonchev–Trinajstić information content (AvgIpc) is 2.86. The van der Waals surface area contributed by atoms with Gasteiger partial charge in [-0.3, -0.25) is 4.79 Å². The smallest absolute Gasteiger partial charge is 0.199 e. The molecular formula is C30H45N2O2+. The number of hydrogen-bond acceptors (Lipinski definition) is 3. The number of nitrogens with zero attached hydrogens (tertiary/aromatic N) is 2. The molecule has 0 saturated heterocycles. The van der Waals surface area contributed by atoms with Gasteiger partial charge in [0.2, 0.25) is 0 Å². The number of hydrogen-bond donors (Lipinski definition) is 1. The molecule has 186 valence electrons. The normalized spacial score (nSPS) is 22.1. The lowest BCUT2D eigenvalue weighted by Crippen LogP contribution is -2.33. The van der Waals surface area contributed by atoms with Gasteiger partial charge in [-0.25, -0.2) is 4.58 Å². The summed E-state index contributed by atoms with van der Waals surface area (Å²) < 4.78 is 2.29. The van der Waals surface area contributed by atoms with E-state index < -0.39 is 0 Å². The van der Waals surface area contributed by atoms with Gasteiger partial charge < -0.3 is 10.0 Å². The van der Waals surface area contributed by atoms with Gasteiger partial charge in [-0.2, -0.15) is 0 Å². The number of allylic oxidation sites excluding steroid dienone is 9. The molecule has 0 heterocycles. The first-order valence-corrected chi connectivity index (χ1v) is 13.4. The van der Waals surface area contributed by atoms with Crippen LogP contribution in [0.3, 0.4) is 0 Å². The minimum absolute atomic E-state index is 0.0291. The first-order valence-electron chi connectivity index (χ1n) is 13.4. The monoisotopic (exact) mass is 465 g/mol. The summed E-state index contributed by atoms with van der Waals surface area (Å²) in [5.41, 5.74) is 4.47. The highest BCUT2D eigenvalue weighted by atomic mass is 16.3. The fraction of sp³-hybridized carbons (Fsp3) is 0.600. The average molecular weight is 466 g/mol. The number of unbranched alkanes of at least 4 members (excludes halogenated alkanes) is 2. The Kier molecular flexibility index (Phi) is 9.16. The number of Topliss-reactive ketones (excluding diaryl/α,β-unsaturated/α-hetero) is 1. The van der Waals surface area contributed by atoms with E-state index in [0.717, 1.165) is 30.5 Å². The quantitative estimate of drug-likeness (QED) is 0.290. The van der Waals surface area contributed by atoms with Crippen molar-refractivity contribution < 1.29 is 14.5 Å². The van der Waals surface area contributed by atoms with Crippen LogP contribution in [-0.2, 0) is 4.79 Å². The topological polar surface area (TPSA) is 43.5 Å². The Labute approximate surface area is 207 Å². The third kappa shape index (κ3) is 5.64. The van der Waals surface area contributed by atoms with Crippen molar-refractivity contribution >= 4 is 11.5 Å². The van der Waals surface area contributed by atoms with Crippen molar-refractivity contribution in [3.63, 3.8) is 0 Å². The van der Waals surface area contributed by atoms with E-state index in [1.54, 1.807) is 0 Å². The van der Waals surface area contributed by atoms with Gasteiger partial charge in [-0.1, -0.05) is 39.2 Å². The molecule has 0 fully saturated rings. The van der Waals surface area contributed by atoms with Crippen LogP contribution >= 0.6 is 0 Å². The molecule has 0 aromatic carbocycles. The van der Waals surface area contributed by atoms with Gasteiger partial charge in [0.25, 0.3) is 0 Å². The van der Waals surface area contributed by atoms with Crippen molar-refractivity contribution in [3.05, 3.63) is 58.6 Å². The summed E-state index contributed by atoms with van der Waals surface area (Å²) in [6.45, 7) is 9.00. The third-order valence-corrected chi connectivity index (χ3v) is 8.05. The molecule has 3 rings (SSSR count). The lowest BCUT2D eigenvalue weighted by atomic mass is 9.73. The molecule has 3 unspecified atom stereocenters. The molecule has 34 heavy (non-hydrogen) atoms. The van der Waals surface area contributed by atoms with Crippen molar-refractivity contribution in [2.45, 2.75) is 97.6 Å². The number of aliphatic hydroxyl groups excluding tert-OH is 1. The maximum Gasteiger partial charge on any atom is 0.199 e. The molecule has 0 spiro atoms. The van der Waals surface area contributed by atoms with Crippen molar-refractivity contribution in [2.75, 3.05) is 14.1 Å². The molecule has 0 aromatic rings. The van der Waals surface area contributed by atoms with E-state index in [1.807, 2.05) is 12.2 Å². The summed E-state index contributed by atoms with van der Waals surface area (Å²) in [5, 5.41) is 10.8. The van der Waals surface area contributed by atoms with Gasteiger partial charge in [0, 0.05) is 42.9 Å².